The molecule has 24 heavy (non-hydrogen) atoms. The van der Waals surface area contributed by atoms with Crippen molar-refractivity contribution in [2.24, 2.45) is 5.92 Å². The molecule has 1 aromatic heterocycles. The number of anilines is 3. The maximum Gasteiger partial charge on any atom is 0.325 e. The Balaban J connectivity index is 1.60. The largest absolute Gasteiger partial charge is 0.346 e. The average molecular weight is 366 g/mol. The SMILES string of the molecule is Cc1ccc(NC(=O)Nc2nnc(N3CCC[C@@H](C)C3)s2)c(Cl)c1. The Morgan fingerprint density at radius 1 is 1.38 bits per heavy atom. The lowest BCUT2D eigenvalue weighted by molar-refractivity contribution is 0.262. The molecule has 8 heteroatoms. The number of carbonyl (C=O) groups excluding carboxylic acids is 1. The third kappa shape index (κ3) is 4.15. The lowest BCUT2D eigenvalue weighted by atomic mass is 10.0. The van der Waals surface area contributed by atoms with Crippen molar-refractivity contribution < 1.29 is 4.79 Å². The number of halogens is 1. The van der Waals surface area contributed by atoms with E-state index in [1.807, 2.05) is 13.0 Å². The number of aromatic nitrogens is 2. The van der Waals surface area contributed by atoms with Crippen LogP contribution < -0.4 is 15.5 Å². The molecule has 0 spiro atoms. The number of rotatable bonds is 3. The zero-order valence-electron chi connectivity index (χ0n) is 13.7. The van der Waals surface area contributed by atoms with E-state index in [4.69, 9.17) is 11.6 Å². The molecule has 0 aliphatic carbocycles. The van der Waals surface area contributed by atoms with Crippen LogP contribution >= 0.6 is 22.9 Å². The quantitative estimate of drug-likeness (QED) is 0.846. The van der Waals surface area contributed by atoms with Crippen molar-refractivity contribution in [2.45, 2.75) is 26.7 Å². The maximum absolute atomic E-state index is 12.1. The normalized spacial score (nSPS) is 17.6. The lowest BCUT2D eigenvalue weighted by Gasteiger charge is -2.29. The number of hydrogen-bond donors (Lipinski definition) is 2. The molecule has 2 N–H and O–H groups in total. The highest BCUT2D eigenvalue weighted by Crippen LogP contribution is 2.28. The van der Waals surface area contributed by atoms with Gasteiger partial charge in [0, 0.05) is 13.1 Å². The van der Waals surface area contributed by atoms with Crippen LogP contribution in [0.3, 0.4) is 0 Å². The third-order valence-electron chi connectivity index (χ3n) is 3.94. The highest BCUT2D eigenvalue weighted by atomic mass is 35.5. The van der Waals surface area contributed by atoms with Gasteiger partial charge in [0.25, 0.3) is 0 Å². The Bertz CT molecular complexity index is 735. The molecule has 1 atom stereocenters. The van der Waals surface area contributed by atoms with Gasteiger partial charge in [0.15, 0.2) is 0 Å². The summed E-state index contributed by atoms with van der Waals surface area (Å²) in [6, 6.07) is 5.09. The minimum Gasteiger partial charge on any atom is -0.346 e. The lowest BCUT2D eigenvalue weighted by Crippen LogP contribution is -2.34. The molecule has 0 unspecified atom stereocenters. The van der Waals surface area contributed by atoms with E-state index < -0.39 is 0 Å². The number of nitrogens with one attached hydrogen (secondary N) is 2. The Hall–Kier alpha value is -1.86. The van der Waals surface area contributed by atoms with Crippen molar-refractivity contribution in [3.8, 4) is 0 Å². The van der Waals surface area contributed by atoms with E-state index in [2.05, 4.69) is 32.7 Å². The molecule has 1 aliphatic heterocycles. The van der Waals surface area contributed by atoms with E-state index in [1.54, 1.807) is 12.1 Å². The Labute approximate surface area is 150 Å². The van der Waals surface area contributed by atoms with Gasteiger partial charge < -0.3 is 10.2 Å². The van der Waals surface area contributed by atoms with Crippen LogP contribution in [0.2, 0.25) is 5.02 Å². The van der Waals surface area contributed by atoms with Crippen molar-refractivity contribution in [1.29, 1.82) is 0 Å². The van der Waals surface area contributed by atoms with Crippen LogP contribution in [0.4, 0.5) is 20.7 Å². The minimum atomic E-state index is -0.379. The summed E-state index contributed by atoms with van der Waals surface area (Å²) in [6.07, 6.45) is 2.41. The van der Waals surface area contributed by atoms with E-state index in [-0.39, 0.29) is 6.03 Å². The van der Waals surface area contributed by atoms with Crippen LogP contribution in [-0.2, 0) is 0 Å². The van der Waals surface area contributed by atoms with Crippen molar-refractivity contribution in [1.82, 2.24) is 10.2 Å². The summed E-state index contributed by atoms with van der Waals surface area (Å²) in [4.78, 5) is 14.3. The molecular formula is C16H20ClN5OS. The van der Waals surface area contributed by atoms with Crippen molar-refractivity contribution in [3.05, 3.63) is 28.8 Å². The summed E-state index contributed by atoms with van der Waals surface area (Å²) in [5, 5.41) is 15.5. The maximum atomic E-state index is 12.1. The van der Waals surface area contributed by atoms with Crippen LogP contribution in [0.15, 0.2) is 18.2 Å². The van der Waals surface area contributed by atoms with Crippen LogP contribution in [0.1, 0.15) is 25.3 Å². The van der Waals surface area contributed by atoms with E-state index in [1.165, 1.54) is 17.8 Å². The predicted molar refractivity (Wildman–Crippen MR) is 99.4 cm³/mol. The molecule has 0 radical (unpaired) electrons. The number of hydrogen-bond acceptors (Lipinski definition) is 5. The molecule has 2 aromatic rings. The summed E-state index contributed by atoms with van der Waals surface area (Å²) in [5.41, 5.74) is 1.60. The zero-order chi connectivity index (χ0) is 17.1. The molecule has 3 rings (SSSR count). The molecule has 2 heterocycles. The first-order valence-corrected chi connectivity index (χ1v) is 9.13. The van der Waals surface area contributed by atoms with E-state index in [0.29, 0.717) is 21.8 Å². The first-order chi connectivity index (χ1) is 11.5. The summed E-state index contributed by atoms with van der Waals surface area (Å²) in [5.74, 6) is 0.658. The molecule has 1 aliphatic rings. The fourth-order valence-corrected chi connectivity index (χ4v) is 3.79. The minimum absolute atomic E-state index is 0.379. The van der Waals surface area contributed by atoms with Crippen LogP contribution in [0.5, 0.6) is 0 Å². The standard InChI is InChI=1S/C16H20ClN5OS/c1-10-5-6-13(12(17)8-10)18-14(23)19-15-20-21-16(24-15)22-7-3-4-11(2)9-22/h5-6,8,11H,3-4,7,9H2,1-2H3,(H2,18,19,20,23)/t11-/m1/s1. The van der Waals surface area contributed by atoms with Gasteiger partial charge in [-0.3, -0.25) is 5.32 Å². The van der Waals surface area contributed by atoms with Gasteiger partial charge in [-0.1, -0.05) is 35.9 Å². The highest BCUT2D eigenvalue weighted by molar-refractivity contribution is 7.19. The van der Waals surface area contributed by atoms with Crippen LogP contribution in [-0.4, -0.2) is 29.3 Å². The molecule has 128 valence electrons. The number of benzene rings is 1. The summed E-state index contributed by atoms with van der Waals surface area (Å²) in [6.45, 7) is 6.16. The number of urea groups is 1. The van der Waals surface area contributed by atoms with Gasteiger partial charge in [-0.25, -0.2) is 4.79 Å². The number of nitrogens with zero attached hydrogens (tertiary/aromatic N) is 3. The number of amides is 2. The Morgan fingerprint density at radius 3 is 2.96 bits per heavy atom. The van der Waals surface area contributed by atoms with Gasteiger partial charge in [0.1, 0.15) is 0 Å². The monoisotopic (exact) mass is 365 g/mol. The van der Waals surface area contributed by atoms with Crippen LogP contribution in [0, 0.1) is 12.8 Å². The second-order valence-electron chi connectivity index (χ2n) is 6.15. The second-order valence-corrected chi connectivity index (χ2v) is 7.51. The van der Waals surface area contributed by atoms with Gasteiger partial charge in [-0.05, 0) is 43.4 Å². The zero-order valence-corrected chi connectivity index (χ0v) is 15.2. The van der Waals surface area contributed by atoms with Crippen LogP contribution in [0.25, 0.3) is 0 Å². The Kier molecular flexibility index (Phi) is 5.20. The topological polar surface area (TPSA) is 70.1 Å². The summed E-state index contributed by atoms with van der Waals surface area (Å²) < 4.78 is 0. The van der Waals surface area contributed by atoms with E-state index in [9.17, 15) is 4.79 Å². The van der Waals surface area contributed by atoms with E-state index >= 15 is 0 Å². The number of carbonyl (C=O) groups is 1. The molecule has 6 nitrogen and oxygen atoms in total. The van der Waals surface area contributed by atoms with Gasteiger partial charge in [-0.2, -0.15) is 0 Å². The van der Waals surface area contributed by atoms with Crippen molar-refractivity contribution >= 4 is 44.9 Å². The highest BCUT2D eigenvalue weighted by Gasteiger charge is 2.20. The van der Waals surface area contributed by atoms with Crippen molar-refractivity contribution in [2.75, 3.05) is 28.6 Å². The summed E-state index contributed by atoms with van der Waals surface area (Å²) in [7, 11) is 0. The molecule has 1 saturated heterocycles. The average Bonchev–Trinajstić information content (AvgIpc) is 2.98. The fraction of sp³-hybridized carbons (Fsp3) is 0.438. The third-order valence-corrected chi connectivity index (χ3v) is 5.15. The fourth-order valence-electron chi connectivity index (χ4n) is 2.73. The smallest absolute Gasteiger partial charge is 0.325 e. The number of piperidine rings is 1. The van der Waals surface area contributed by atoms with Gasteiger partial charge in [-0.15, -0.1) is 10.2 Å². The Morgan fingerprint density at radius 2 is 2.21 bits per heavy atom. The molecule has 2 amide bonds. The first-order valence-electron chi connectivity index (χ1n) is 7.94. The first kappa shape index (κ1) is 17.0. The summed E-state index contributed by atoms with van der Waals surface area (Å²) >= 11 is 7.51. The molecule has 0 bridgehead atoms. The van der Waals surface area contributed by atoms with Crippen molar-refractivity contribution in [3.63, 3.8) is 0 Å². The van der Waals surface area contributed by atoms with Gasteiger partial charge >= 0.3 is 6.03 Å². The predicted octanol–water partition coefficient (Wildman–Crippen LogP) is 4.38. The molecular weight excluding hydrogens is 346 g/mol. The van der Waals surface area contributed by atoms with Gasteiger partial charge in [0.2, 0.25) is 10.3 Å². The number of aryl methyl sites for hydroxylation is 1. The van der Waals surface area contributed by atoms with Gasteiger partial charge in [0.05, 0.1) is 10.7 Å². The van der Waals surface area contributed by atoms with E-state index in [0.717, 1.165) is 30.2 Å². The molecule has 1 aromatic carbocycles. The molecule has 1 fully saturated rings. The second kappa shape index (κ2) is 7.36. The molecule has 0 saturated carbocycles.